The summed E-state index contributed by atoms with van der Waals surface area (Å²) in [6, 6.07) is 10.8. The van der Waals surface area contributed by atoms with Gasteiger partial charge in [0.25, 0.3) is 0 Å². The molecule has 0 bridgehead atoms. The third-order valence-corrected chi connectivity index (χ3v) is 5.63. The number of aryl methyl sites for hydroxylation is 2. The molecule has 0 saturated heterocycles. The van der Waals surface area contributed by atoms with Crippen LogP contribution in [0.2, 0.25) is 0 Å². The van der Waals surface area contributed by atoms with Crippen LogP contribution in [0.1, 0.15) is 27.3 Å². The third-order valence-electron chi connectivity index (χ3n) is 4.73. The number of rotatable bonds is 1. The molecule has 0 atom stereocenters. The Bertz CT molecular complexity index is 1230. The summed E-state index contributed by atoms with van der Waals surface area (Å²) in [6.07, 6.45) is 3.66. The molecule has 1 aliphatic rings. The van der Waals surface area contributed by atoms with Gasteiger partial charge in [0.05, 0.1) is 27.1 Å². The number of halogens is 1. The molecular formula is C20H14FN3OS. The van der Waals surface area contributed by atoms with Crippen molar-refractivity contribution in [2.75, 3.05) is 0 Å². The number of aromatic amines is 2. The molecule has 4 nitrogen and oxygen atoms in total. The van der Waals surface area contributed by atoms with E-state index in [2.05, 4.69) is 21.0 Å². The van der Waals surface area contributed by atoms with Gasteiger partial charge in [0, 0.05) is 5.57 Å². The molecule has 4 aromatic rings. The van der Waals surface area contributed by atoms with Crippen molar-refractivity contribution < 1.29 is 4.39 Å². The second kappa shape index (κ2) is 5.78. The summed E-state index contributed by atoms with van der Waals surface area (Å²) in [5, 5.41) is 0. The molecule has 2 aromatic heterocycles. The molecule has 0 saturated carbocycles. The van der Waals surface area contributed by atoms with Gasteiger partial charge < -0.3 is 9.97 Å². The number of nitrogens with zero attached hydrogens (tertiary/aromatic N) is 1. The van der Waals surface area contributed by atoms with Crippen molar-refractivity contribution in [1.29, 1.82) is 0 Å². The predicted molar refractivity (Wildman–Crippen MR) is 102 cm³/mol. The summed E-state index contributed by atoms with van der Waals surface area (Å²) in [5.74, 6) is -0.215. The van der Waals surface area contributed by atoms with Crippen LogP contribution in [-0.4, -0.2) is 15.0 Å². The van der Waals surface area contributed by atoms with Crippen LogP contribution in [-0.2, 0) is 12.8 Å². The highest BCUT2D eigenvalue weighted by Gasteiger charge is 2.21. The second-order valence-electron chi connectivity index (χ2n) is 6.37. The zero-order valence-electron chi connectivity index (χ0n) is 13.7. The molecule has 6 heteroatoms. The van der Waals surface area contributed by atoms with Crippen molar-refractivity contribution in [2.45, 2.75) is 12.8 Å². The minimum Gasteiger partial charge on any atom is -0.306 e. The van der Waals surface area contributed by atoms with Gasteiger partial charge in [0.15, 0.2) is 0 Å². The van der Waals surface area contributed by atoms with Crippen molar-refractivity contribution in [2.24, 2.45) is 0 Å². The number of benzene rings is 2. The van der Waals surface area contributed by atoms with Crippen LogP contribution in [0.15, 0.2) is 46.7 Å². The van der Waals surface area contributed by atoms with E-state index in [9.17, 15) is 9.18 Å². The van der Waals surface area contributed by atoms with Gasteiger partial charge in [-0.15, -0.1) is 11.3 Å². The van der Waals surface area contributed by atoms with Gasteiger partial charge in [0.1, 0.15) is 5.82 Å². The molecule has 0 unspecified atom stereocenters. The van der Waals surface area contributed by atoms with Crippen LogP contribution < -0.4 is 5.69 Å². The number of hydrogen-bond acceptors (Lipinski definition) is 3. The summed E-state index contributed by atoms with van der Waals surface area (Å²) >= 11 is 1.60. The highest BCUT2D eigenvalue weighted by molar-refractivity contribution is 7.11. The minimum absolute atomic E-state index is 0.215. The molecule has 0 fully saturated rings. The van der Waals surface area contributed by atoms with E-state index in [0.29, 0.717) is 0 Å². The molecule has 2 heterocycles. The van der Waals surface area contributed by atoms with E-state index in [-0.39, 0.29) is 11.5 Å². The Balaban J connectivity index is 1.74. The lowest BCUT2D eigenvalue weighted by Gasteiger charge is -2.10. The fraction of sp³-hybridized carbons (Fsp3) is 0.100. The van der Waals surface area contributed by atoms with Crippen molar-refractivity contribution in [3.8, 4) is 0 Å². The van der Waals surface area contributed by atoms with Gasteiger partial charge >= 0.3 is 5.69 Å². The molecule has 5 rings (SSSR count). The molecule has 0 radical (unpaired) electrons. The van der Waals surface area contributed by atoms with E-state index in [4.69, 9.17) is 0 Å². The van der Waals surface area contributed by atoms with E-state index in [0.717, 1.165) is 56.7 Å². The summed E-state index contributed by atoms with van der Waals surface area (Å²) < 4.78 is 13.7. The number of H-pyrrole nitrogens is 2. The molecule has 128 valence electrons. The number of hydrogen-bond donors (Lipinski definition) is 2. The van der Waals surface area contributed by atoms with E-state index in [1.807, 2.05) is 29.8 Å². The van der Waals surface area contributed by atoms with E-state index in [1.54, 1.807) is 17.4 Å². The first kappa shape index (κ1) is 15.3. The Labute approximate surface area is 152 Å². The maximum absolute atomic E-state index is 13.7. The van der Waals surface area contributed by atoms with E-state index >= 15 is 0 Å². The number of nitrogens with one attached hydrogen (secondary N) is 2. The van der Waals surface area contributed by atoms with Crippen molar-refractivity contribution in [3.05, 3.63) is 85.5 Å². The molecular weight excluding hydrogens is 349 g/mol. The van der Waals surface area contributed by atoms with Crippen LogP contribution in [0.4, 0.5) is 4.39 Å². The molecule has 26 heavy (non-hydrogen) atoms. The fourth-order valence-electron chi connectivity index (χ4n) is 3.52. The van der Waals surface area contributed by atoms with Gasteiger partial charge in [-0.2, -0.15) is 0 Å². The maximum Gasteiger partial charge on any atom is 0.323 e. The van der Waals surface area contributed by atoms with Crippen LogP contribution >= 0.6 is 11.3 Å². The molecule has 2 aromatic carbocycles. The molecule has 2 N–H and O–H groups in total. The first-order valence-corrected chi connectivity index (χ1v) is 9.20. The Kier molecular flexibility index (Phi) is 3.39. The summed E-state index contributed by atoms with van der Waals surface area (Å²) in [6.45, 7) is 0. The summed E-state index contributed by atoms with van der Waals surface area (Å²) in [7, 11) is 0. The largest absolute Gasteiger partial charge is 0.323 e. The van der Waals surface area contributed by atoms with E-state index in [1.165, 1.54) is 6.07 Å². The SMILES string of the molecule is O=c1[nH]c2ccc(/C=C3/c4ccc(F)cc4CCc4ncsc43)cc2[nH]1. The number of aromatic nitrogens is 3. The smallest absolute Gasteiger partial charge is 0.306 e. The van der Waals surface area contributed by atoms with Crippen LogP contribution in [0.3, 0.4) is 0 Å². The Morgan fingerprint density at radius 2 is 1.96 bits per heavy atom. The Morgan fingerprint density at radius 3 is 2.88 bits per heavy atom. The van der Waals surface area contributed by atoms with Crippen LogP contribution in [0, 0.1) is 5.82 Å². The second-order valence-corrected chi connectivity index (χ2v) is 7.23. The monoisotopic (exact) mass is 363 g/mol. The zero-order valence-corrected chi connectivity index (χ0v) is 14.5. The van der Waals surface area contributed by atoms with E-state index < -0.39 is 0 Å². The average Bonchev–Trinajstić information content (AvgIpc) is 3.20. The Hall–Kier alpha value is -2.99. The van der Waals surface area contributed by atoms with Crippen LogP contribution in [0.5, 0.6) is 0 Å². The van der Waals surface area contributed by atoms with Gasteiger partial charge in [-0.3, -0.25) is 0 Å². The van der Waals surface area contributed by atoms with Gasteiger partial charge in [0.2, 0.25) is 0 Å². The molecule has 1 aliphatic carbocycles. The standard InChI is InChI=1S/C20H14FN3OS/c21-13-3-4-14-12(9-13)2-6-17-19(26-10-22-17)15(14)7-11-1-5-16-18(8-11)24-20(25)23-16/h1,3-5,7-10H,2,6H2,(H2,23,24,25)/b15-7-. The van der Waals surface area contributed by atoms with Crippen LogP contribution in [0.25, 0.3) is 22.7 Å². The fourth-order valence-corrected chi connectivity index (χ4v) is 4.40. The molecule has 0 aliphatic heterocycles. The molecule has 0 amide bonds. The van der Waals surface area contributed by atoms with Crippen molar-refractivity contribution in [3.63, 3.8) is 0 Å². The third kappa shape index (κ3) is 2.50. The first-order chi connectivity index (χ1) is 12.7. The number of thiazole rings is 1. The number of fused-ring (bicyclic) bond motifs is 3. The van der Waals surface area contributed by atoms with Gasteiger partial charge in [-0.1, -0.05) is 12.1 Å². The average molecular weight is 363 g/mol. The highest BCUT2D eigenvalue weighted by atomic mass is 32.1. The van der Waals surface area contributed by atoms with Gasteiger partial charge in [-0.25, -0.2) is 14.2 Å². The van der Waals surface area contributed by atoms with Crippen molar-refractivity contribution in [1.82, 2.24) is 15.0 Å². The minimum atomic E-state index is -0.218. The Morgan fingerprint density at radius 1 is 1.08 bits per heavy atom. The maximum atomic E-state index is 13.7. The predicted octanol–water partition coefficient (Wildman–Crippen LogP) is 4.14. The van der Waals surface area contributed by atoms with Gasteiger partial charge in [-0.05, 0) is 59.9 Å². The van der Waals surface area contributed by atoms with Crippen molar-refractivity contribution >= 4 is 34.0 Å². The topological polar surface area (TPSA) is 61.5 Å². The number of imidazole rings is 1. The quantitative estimate of drug-likeness (QED) is 0.534. The highest BCUT2D eigenvalue weighted by Crippen LogP contribution is 2.37. The lowest BCUT2D eigenvalue weighted by Crippen LogP contribution is -1.99. The summed E-state index contributed by atoms with van der Waals surface area (Å²) in [4.78, 5) is 22.7. The zero-order chi connectivity index (χ0) is 17.7. The summed E-state index contributed by atoms with van der Waals surface area (Å²) in [5.41, 5.74) is 8.29. The lowest BCUT2D eigenvalue weighted by molar-refractivity contribution is 0.625. The normalized spacial score (nSPS) is 15.0. The first-order valence-electron chi connectivity index (χ1n) is 8.33. The lowest BCUT2D eigenvalue weighted by atomic mass is 9.97. The molecule has 0 spiro atoms.